The minimum atomic E-state index is 0.582. The van der Waals surface area contributed by atoms with E-state index in [1.807, 2.05) is 12.1 Å². The van der Waals surface area contributed by atoms with Gasteiger partial charge in [-0.3, -0.25) is 0 Å². The number of nitrogens with zero attached hydrogens (tertiary/aromatic N) is 2. The average molecular weight is 320 g/mol. The molecule has 4 heteroatoms. The minimum Gasteiger partial charge on any atom is -0.383 e. The van der Waals surface area contributed by atoms with Gasteiger partial charge in [-0.25, -0.2) is 4.98 Å². The Morgan fingerprint density at radius 1 is 1.32 bits per heavy atom. The van der Waals surface area contributed by atoms with Crippen molar-refractivity contribution in [3.8, 4) is 11.3 Å². The molecule has 1 heterocycles. The molecule has 2 N–H and O–H groups in total. The fourth-order valence-electron chi connectivity index (χ4n) is 2.45. The Morgan fingerprint density at radius 2 is 2.00 bits per heavy atom. The van der Waals surface area contributed by atoms with Crippen LogP contribution >= 0.6 is 15.9 Å². The lowest BCUT2D eigenvalue weighted by molar-refractivity contribution is 0.676. The average Bonchev–Trinajstić information content (AvgIpc) is 3.17. The number of benzene rings is 1. The van der Waals surface area contributed by atoms with Crippen LogP contribution < -0.4 is 5.73 Å². The standard InChI is InChI=1S/C15H18BrN3/c1-2-3-13-18-14(10-4-6-11(16)7-5-10)15(17)19(13)12-8-9-12/h4-7,12H,2-3,8-9,17H2,1H3. The molecule has 0 spiro atoms. The van der Waals surface area contributed by atoms with Gasteiger partial charge in [0.05, 0.1) is 0 Å². The summed E-state index contributed by atoms with van der Waals surface area (Å²) in [7, 11) is 0. The van der Waals surface area contributed by atoms with Crippen molar-refractivity contribution in [1.29, 1.82) is 0 Å². The predicted octanol–water partition coefficient (Wildman–Crippen LogP) is 4.18. The van der Waals surface area contributed by atoms with Crippen LogP contribution in [0.25, 0.3) is 11.3 Å². The molecular weight excluding hydrogens is 302 g/mol. The molecule has 0 amide bonds. The summed E-state index contributed by atoms with van der Waals surface area (Å²) in [6.45, 7) is 2.18. The highest BCUT2D eigenvalue weighted by Crippen LogP contribution is 2.41. The van der Waals surface area contributed by atoms with Crippen LogP contribution in [-0.4, -0.2) is 9.55 Å². The lowest BCUT2D eigenvalue weighted by Crippen LogP contribution is -2.05. The fourth-order valence-corrected chi connectivity index (χ4v) is 2.72. The summed E-state index contributed by atoms with van der Waals surface area (Å²) in [5.41, 5.74) is 8.36. The van der Waals surface area contributed by atoms with Crippen molar-refractivity contribution >= 4 is 21.7 Å². The fraction of sp³-hybridized carbons (Fsp3) is 0.400. The second kappa shape index (κ2) is 5.00. The van der Waals surface area contributed by atoms with Crippen LogP contribution in [0, 0.1) is 0 Å². The number of imidazole rings is 1. The van der Waals surface area contributed by atoms with Gasteiger partial charge >= 0.3 is 0 Å². The number of hydrogen-bond acceptors (Lipinski definition) is 2. The zero-order chi connectivity index (χ0) is 13.4. The minimum absolute atomic E-state index is 0.582. The molecule has 0 atom stereocenters. The normalized spacial score (nSPS) is 14.8. The van der Waals surface area contributed by atoms with E-state index in [4.69, 9.17) is 10.7 Å². The van der Waals surface area contributed by atoms with Gasteiger partial charge in [-0.2, -0.15) is 0 Å². The highest BCUT2D eigenvalue weighted by molar-refractivity contribution is 9.10. The van der Waals surface area contributed by atoms with Crippen LogP contribution in [0.15, 0.2) is 28.7 Å². The van der Waals surface area contributed by atoms with Gasteiger partial charge in [0.25, 0.3) is 0 Å². The maximum absolute atomic E-state index is 6.33. The Labute approximate surface area is 122 Å². The van der Waals surface area contributed by atoms with Crippen LogP contribution in [0.3, 0.4) is 0 Å². The first-order valence-electron chi connectivity index (χ1n) is 6.83. The second-order valence-electron chi connectivity index (χ2n) is 5.12. The van der Waals surface area contributed by atoms with Gasteiger partial charge in [-0.15, -0.1) is 0 Å². The zero-order valence-electron chi connectivity index (χ0n) is 11.1. The first-order chi connectivity index (χ1) is 9.20. The second-order valence-corrected chi connectivity index (χ2v) is 6.04. The number of halogens is 1. The van der Waals surface area contributed by atoms with Gasteiger partial charge in [0, 0.05) is 22.5 Å². The van der Waals surface area contributed by atoms with E-state index in [2.05, 4.69) is 39.6 Å². The molecular formula is C15H18BrN3. The number of hydrogen-bond donors (Lipinski definition) is 1. The van der Waals surface area contributed by atoms with Crippen molar-refractivity contribution in [3.05, 3.63) is 34.6 Å². The monoisotopic (exact) mass is 319 g/mol. The smallest absolute Gasteiger partial charge is 0.131 e. The maximum atomic E-state index is 6.33. The van der Waals surface area contributed by atoms with E-state index in [1.165, 1.54) is 12.8 Å². The molecule has 0 saturated heterocycles. The van der Waals surface area contributed by atoms with E-state index in [9.17, 15) is 0 Å². The number of aromatic nitrogens is 2. The van der Waals surface area contributed by atoms with E-state index in [0.29, 0.717) is 6.04 Å². The SMILES string of the molecule is CCCc1nc(-c2ccc(Br)cc2)c(N)n1C1CC1. The Morgan fingerprint density at radius 3 is 2.58 bits per heavy atom. The largest absolute Gasteiger partial charge is 0.383 e. The number of rotatable bonds is 4. The third-order valence-electron chi connectivity index (χ3n) is 3.52. The lowest BCUT2D eigenvalue weighted by atomic mass is 10.1. The van der Waals surface area contributed by atoms with Gasteiger partial charge in [0.1, 0.15) is 17.3 Å². The predicted molar refractivity (Wildman–Crippen MR) is 82.0 cm³/mol. The van der Waals surface area contributed by atoms with Gasteiger partial charge in [0.15, 0.2) is 0 Å². The maximum Gasteiger partial charge on any atom is 0.131 e. The highest BCUT2D eigenvalue weighted by atomic mass is 79.9. The molecule has 0 radical (unpaired) electrons. The molecule has 1 fully saturated rings. The van der Waals surface area contributed by atoms with Crippen molar-refractivity contribution < 1.29 is 0 Å². The molecule has 0 aliphatic heterocycles. The molecule has 2 aromatic rings. The number of anilines is 1. The molecule has 1 aromatic carbocycles. The Balaban J connectivity index is 2.06. The van der Waals surface area contributed by atoms with Crippen LogP contribution in [0.4, 0.5) is 5.82 Å². The van der Waals surface area contributed by atoms with Gasteiger partial charge in [0.2, 0.25) is 0 Å². The third-order valence-corrected chi connectivity index (χ3v) is 4.05. The van der Waals surface area contributed by atoms with Crippen molar-refractivity contribution in [2.75, 3.05) is 5.73 Å². The first kappa shape index (κ1) is 12.7. The molecule has 1 aliphatic rings. The summed E-state index contributed by atoms with van der Waals surface area (Å²) >= 11 is 3.46. The summed E-state index contributed by atoms with van der Waals surface area (Å²) in [6.07, 6.45) is 4.56. The van der Waals surface area contributed by atoms with E-state index in [-0.39, 0.29) is 0 Å². The molecule has 3 rings (SSSR count). The summed E-state index contributed by atoms with van der Waals surface area (Å²) in [4.78, 5) is 4.78. The highest BCUT2D eigenvalue weighted by Gasteiger charge is 2.29. The topological polar surface area (TPSA) is 43.8 Å². The number of nitrogen functional groups attached to an aromatic ring is 1. The van der Waals surface area contributed by atoms with E-state index >= 15 is 0 Å². The van der Waals surface area contributed by atoms with Crippen LogP contribution in [-0.2, 0) is 6.42 Å². The number of aryl methyl sites for hydroxylation is 1. The van der Waals surface area contributed by atoms with Crippen LogP contribution in [0.1, 0.15) is 38.1 Å². The third kappa shape index (κ3) is 2.41. The Hall–Kier alpha value is -1.29. The van der Waals surface area contributed by atoms with Gasteiger partial charge in [-0.05, 0) is 31.4 Å². The summed E-state index contributed by atoms with van der Waals surface area (Å²) in [6, 6.07) is 8.78. The van der Waals surface area contributed by atoms with Gasteiger partial charge in [-0.1, -0.05) is 35.0 Å². The molecule has 19 heavy (non-hydrogen) atoms. The van der Waals surface area contributed by atoms with Crippen molar-refractivity contribution in [3.63, 3.8) is 0 Å². The molecule has 1 aliphatic carbocycles. The first-order valence-corrected chi connectivity index (χ1v) is 7.62. The van der Waals surface area contributed by atoms with Crippen molar-refractivity contribution in [2.24, 2.45) is 0 Å². The summed E-state index contributed by atoms with van der Waals surface area (Å²) in [5, 5.41) is 0. The summed E-state index contributed by atoms with van der Waals surface area (Å²) < 4.78 is 3.33. The van der Waals surface area contributed by atoms with E-state index in [0.717, 1.165) is 40.2 Å². The van der Waals surface area contributed by atoms with E-state index < -0.39 is 0 Å². The van der Waals surface area contributed by atoms with E-state index in [1.54, 1.807) is 0 Å². The molecule has 0 unspecified atom stereocenters. The Bertz CT molecular complexity index is 582. The van der Waals surface area contributed by atoms with Crippen molar-refractivity contribution in [1.82, 2.24) is 9.55 Å². The molecule has 1 saturated carbocycles. The molecule has 0 bridgehead atoms. The lowest BCUT2D eigenvalue weighted by Gasteiger charge is -2.07. The zero-order valence-corrected chi connectivity index (χ0v) is 12.7. The summed E-state index contributed by atoms with van der Waals surface area (Å²) in [5.74, 6) is 1.97. The number of nitrogens with two attached hydrogens (primary N) is 1. The quantitative estimate of drug-likeness (QED) is 0.918. The van der Waals surface area contributed by atoms with Crippen LogP contribution in [0.5, 0.6) is 0 Å². The molecule has 3 nitrogen and oxygen atoms in total. The molecule has 1 aromatic heterocycles. The van der Waals surface area contributed by atoms with Crippen LogP contribution in [0.2, 0.25) is 0 Å². The molecule has 100 valence electrons. The van der Waals surface area contributed by atoms with Gasteiger partial charge < -0.3 is 10.3 Å². The Kier molecular flexibility index (Phi) is 3.35. The van der Waals surface area contributed by atoms with Crippen molar-refractivity contribution in [2.45, 2.75) is 38.6 Å².